The van der Waals surface area contributed by atoms with Gasteiger partial charge in [-0.05, 0) is 18.2 Å². The maximum atomic E-state index is 13.9. The van der Waals surface area contributed by atoms with Crippen LogP contribution in [0.3, 0.4) is 0 Å². The van der Waals surface area contributed by atoms with Crippen LogP contribution in [0.4, 0.5) is 4.39 Å². The maximum Gasteiger partial charge on any atom is 0.172 e. The van der Waals surface area contributed by atoms with Gasteiger partial charge in [0, 0.05) is 10.5 Å². The zero-order valence-electron chi connectivity index (χ0n) is 8.81. The van der Waals surface area contributed by atoms with Crippen molar-refractivity contribution < 1.29 is 4.39 Å². The summed E-state index contributed by atoms with van der Waals surface area (Å²) in [5.74, 6) is 0.00721. The molecular formula is C11H5BrClFN4. The van der Waals surface area contributed by atoms with Crippen LogP contribution in [-0.4, -0.2) is 19.6 Å². The molecule has 0 N–H and O–H groups in total. The standard InChI is InChI=1S/C11H5BrClFN4/c12-6-1-2-7(8(14)3-6)11-17-16-10-4-9(13)15-5-18(10)11/h1-5H. The van der Waals surface area contributed by atoms with Gasteiger partial charge in [-0.2, -0.15) is 0 Å². The van der Waals surface area contributed by atoms with E-state index in [0.717, 1.165) is 0 Å². The summed E-state index contributed by atoms with van der Waals surface area (Å²) < 4.78 is 16.1. The van der Waals surface area contributed by atoms with Crippen LogP contribution in [0, 0.1) is 5.82 Å². The number of halogens is 3. The Hall–Kier alpha value is -1.53. The molecule has 90 valence electrons. The van der Waals surface area contributed by atoms with E-state index in [1.54, 1.807) is 22.6 Å². The third-order valence-corrected chi connectivity index (χ3v) is 3.14. The minimum Gasteiger partial charge on any atom is -0.265 e. The predicted molar refractivity (Wildman–Crippen MR) is 68.9 cm³/mol. The molecule has 0 bridgehead atoms. The predicted octanol–water partition coefficient (Wildman–Crippen LogP) is 3.35. The largest absolute Gasteiger partial charge is 0.265 e. The molecule has 0 saturated heterocycles. The molecule has 0 spiro atoms. The van der Waals surface area contributed by atoms with Crippen LogP contribution in [0.1, 0.15) is 0 Å². The van der Waals surface area contributed by atoms with Crippen molar-refractivity contribution in [2.75, 3.05) is 0 Å². The molecule has 0 aliphatic heterocycles. The number of nitrogens with zero attached hydrogens (tertiary/aromatic N) is 4. The number of benzene rings is 1. The summed E-state index contributed by atoms with van der Waals surface area (Å²) in [6.07, 6.45) is 1.47. The zero-order valence-corrected chi connectivity index (χ0v) is 11.2. The first-order chi connectivity index (χ1) is 8.65. The fraction of sp³-hybridized carbons (Fsp3) is 0. The molecule has 7 heteroatoms. The Morgan fingerprint density at radius 2 is 2.06 bits per heavy atom. The fourth-order valence-corrected chi connectivity index (χ4v) is 2.10. The van der Waals surface area contributed by atoms with E-state index in [2.05, 4.69) is 31.1 Å². The molecule has 1 aromatic carbocycles. The van der Waals surface area contributed by atoms with Gasteiger partial charge >= 0.3 is 0 Å². The second kappa shape index (κ2) is 4.29. The third kappa shape index (κ3) is 1.87. The van der Waals surface area contributed by atoms with Crippen molar-refractivity contribution in [1.29, 1.82) is 0 Å². The van der Waals surface area contributed by atoms with Gasteiger partial charge < -0.3 is 0 Å². The van der Waals surface area contributed by atoms with Gasteiger partial charge in [0.15, 0.2) is 11.5 Å². The van der Waals surface area contributed by atoms with Gasteiger partial charge in [-0.3, -0.25) is 4.40 Å². The van der Waals surface area contributed by atoms with E-state index in [1.807, 2.05) is 0 Å². The number of hydrogen-bond donors (Lipinski definition) is 0. The van der Waals surface area contributed by atoms with E-state index in [0.29, 0.717) is 26.7 Å². The molecule has 3 aromatic rings. The first kappa shape index (κ1) is 11.6. The van der Waals surface area contributed by atoms with Crippen molar-refractivity contribution in [3.63, 3.8) is 0 Å². The lowest BCUT2D eigenvalue weighted by Crippen LogP contribution is -1.93. The van der Waals surface area contributed by atoms with Crippen LogP contribution in [0.2, 0.25) is 5.15 Å². The summed E-state index contributed by atoms with van der Waals surface area (Å²) in [5, 5.41) is 8.20. The van der Waals surface area contributed by atoms with Crippen LogP contribution in [-0.2, 0) is 0 Å². The Labute approximate surface area is 115 Å². The van der Waals surface area contributed by atoms with Gasteiger partial charge in [-0.15, -0.1) is 10.2 Å². The van der Waals surface area contributed by atoms with Crippen molar-refractivity contribution in [2.24, 2.45) is 0 Å². The Morgan fingerprint density at radius 3 is 2.83 bits per heavy atom. The number of rotatable bonds is 1. The average molecular weight is 328 g/mol. The normalized spacial score (nSPS) is 11.1. The highest BCUT2D eigenvalue weighted by molar-refractivity contribution is 9.10. The van der Waals surface area contributed by atoms with Crippen LogP contribution in [0.5, 0.6) is 0 Å². The molecule has 0 radical (unpaired) electrons. The molecule has 0 aliphatic rings. The number of aromatic nitrogens is 4. The molecular weight excluding hydrogens is 323 g/mol. The summed E-state index contributed by atoms with van der Waals surface area (Å²) in [7, 11) is 0. The third-order valence-electron chi connectivity index (χ3n) is 2.44. The van der Waals surface area contributed by atoms with Gasteiger partial charge in [0.2, 0.25) is 0 Å². The van der Waals surface area contributed by atoms with Gasteiger partial charge in [-0.25, -0.2) is 9.37 Å². The van der Waals surface area contributed by atoms with Crippen molar-refractivity contribution in [3.05, 3.63) is 46.0 Å². The monoisotopic (exact) mass is 326 g/mol. The van der Waals surface area contributed by atoms with E-state index >= 15 is 0 Å². The summed E-state index contributed by atoms with van der Waals surface area (Å²) >= 11 is 8.96. The smallest absolute Gasteiger partial charge is 0.172 e. The van der Waals surface area contributed by atoms with Crippen molar-refractivity contribution >= 4 is 33.2 Å². The van der Waals surface area contributed by atoms with Gasteiger partial charge in [0.25, 0.3) is 0 Å². The highest BCUT2D eigenvalue weighted by Crippen LogP contribution is 2.24. The lowest BCUT2D eigenvalue weighted by molar-refractivity contribution is 0.628. The van der Waals surface area contributed by atoms with E-state index in [1.165, 1.54) is 12.4 Å². The maximum absolute atomic E-state index is 13.9. The Kier molecular flexibility index (Phi) is 2.76. The second-order valence-electron chi connectivity index (χ2n) is 3.59. The summed E-state index contributed by atoms with van der Waals surface area (Å²) in [5.41, 5.74) is 0.877. The first-order valence-corrected chi connectivity index (χ1v) is 6.14. The van der Waals surface area contributed by atoms with Crippen molar-refractivity contribution in [3.8, 4) is 11.4 Å². The Balaban J connectivity index is 2.25. The van der Waals surface area contributed by atoms with Gasteiger partial charge in [0.1, 0.15) is 17.3 Å². The highest BCUT2D eigenvalue weighted by atomic mass is 79.9. The lowest BCUT2D eigenvalue weighted by Gasteiger charge is -2.01. The molecule has 18 heavy (non-hydrogen) atoms. The summed E-state index contributed by atoms with van der Waals surface area (Å²) in [4.78, 5) is 3.93. The Morgan fingerprint density at radius 1 is 1.22 bits per heavy atom. The van der Waals surface area contributed by atoms with Crippen LogP contribution in [0.15, 0.2) is 35.1 Å². The topological polar surface area (TPSA) is 43.1 Å². The van der Waals surface area contributed by atoms with Gasteiger partial charge in [0.05, 0.1) is 5.56 Å². The molecule has 0 amide bonds. The van der Waals surface area contributed by atoms with E-state index in [-0.39, 0.29) is 5.82 Å². The molecule has 0 atom stereocenters. The first-order valence-electron chi connectivity index (χ1n) is 4.97. The minimum atomic E-state index is -0.381. The molecule has 2 heterocycles. The quantitative estimate of drug-likeness (QED) is 0.644. The minimum absolute atomic E-state index is 0.317. The number of hydrogen-bond acceptors (Lipinski definition) is 3. The lowest BCUT2D eigenvalue weighted by atomic mass is 10.2. The van der Waals surface area contributed by atoms with Crippen LogP contribution in [0.25, 0.3) is 17.0 Å². The average Bonchev–Trinajstić information content (AvgIpc) is 2.72. The summed E-state index contributed by atoms with van der Waals surface area (Å²) in [6.45, 7) is 0. The van der Waals surface area contributed by atoms with Crippen LogP contribution < -0.4 is 0 Å². The fourth-order valence-electron chi connectivity index (χ4n) is 1.63. The SMILES string of the molecule is Fc1cc(Br)ccc1-c1nnc2cc(Cl)ncn12. The molecule has 3 rings (SSSR count). The number of fused-ring (bicyclic) bond motifs is 1. The van der Waals surface area contributed by atoms with Crippen molar-refractivity contribution in [2.45, 2.75) is 0 Å². The highest BCUT2D eigenvalue weighted by Gasteiger charge is 2.13. The van der Waals surface area contributed by atoms with E-state index in [4.69, 9.17) is 11.6 Å². The van der Waals surface area contributed by atoms with Gasteiger partial charge in [-0.1, -0.05) is 27.5 Å². The zero-order chi connectivity index (χ0) is 12.7. The van der Waals surface area contributed by atoms with Crippen molar-refractivity contribution in [1.82, 2.24) is 19.6 Å². The Bertz CT molecular complexity index is 743. The van der Waals surface area contributed by atoms with E-state index < -0.39 is 0 Å². The molecule has 4 nitrogen and oxygen atoms in total. The molecule has 0 aliphatic carbocycles. The molecule has 2 aromatic heterocycles. The molecule has 0 unspecified atom stereocenters. The van der Waals surface area contributed by atoms with Crippen LogP contribution >= 0.6 is 27.5 Å². The second-order valence-corrected chi connectivity index (χ2v) is 4.89. The molecule has 0 fully saturated rings. The van der Waals surface area contributed by atoms with E-state index in [9.17, 15) is 4.39 Å². The summed E-state index contributed by atoms with van der Waals surface area (Å²) in [6, 6.07) is 6.31. The molecule has 0 saturated carbocycles.